The van der Waals surface area contributed by atoms with E-state index in [1.54, 1.807) is 0 Å². The molecule has 1 heterocycles. The number of hydrogen-bond acceptors (Lipinski definition) is 1. The molecule has 0 atom stereocenters. The molecule has 1 N–H and O–H groups in total. The zero-order valence-electron chi connectivity index (χ0n) is 12.7. The lowest BCUT2D eigenvalue weighted by Gasteiger charge is -2.14. The van der Waals surface area contributed by atoms with Crippen molar-refractivity contribution in [3.63, 3.8) is 0 Å². The molecule has 3 rings (SSSR count). The Hall–Kier alpha value is -2.74. The summed E-state index contributed by atoms with van der Waals surface area (Å²) in [7, 11) is 0. The second-order valence-electron chi connectivity index (χ2n) is 5.33. The van der Waals surface area contributed by atoms with E-state index >= 15 is 0 Å². The first kappa shape index (κ1) is 14.2. The highest BCUT2D eigenvalue weighted by atomic mass is 16.5. The van der Waals surface area contributed by atoms with E-state index in [9.17, 15) is 0 Å². The third kappa shape index (κ3) is 3.12. The number of aryl methyl sites for hydroxylation is 1. The summed E-state index contributed by atoms with van der Waals surface area (Å²) in [6.45, 7) is 6.85. The standard InChI is InChI=1S/C20H19NO/c1-15-10-11-20(22-14-18-9-6-12-21-18)19(13-15)16(2)17-7-4-3-5-8-17/h3-13,21H,2,14H2,1H3. The first-order valence-electron chi connectivity index (χ1n) is 7.34. The Bertz CT molecular complexity index is 758. The highest BCUT2D eigenvalue weighted by Gasteiger charge is 2.10. The Morgan fingerprint density at radius 3 is 2.59 bits per heavy atom. The van der Waals surface area contributed by atoms with Crippen LogP contribution >= 0.6 is 0 Å². The molecule has 0 aliphatic carbocycles. The maximum absolute atomic E-state index is 5.99. The van der Waals surface area contributed by atoms with Crippen LogP contribution in [0.5, 0.6) is 5.75 Å². The average Bonchev–Trinajstić information content (AvgIpc) is 3.07. The van der Waals surface area contributed by atoms with E-state index in [0.29, 0.717) is 6.61 Å². The zero-order valence-corrected chi connectivity index (χ0v) is 12.7. The van der Waals surface area contributed by atoms with Gasteiger partial charge in [0.15, 0.2) is 0 Å². The van der Waals surface area contributed by atoms with E-state index in [2.05, 4.69) is 42.8 Å². The van der Waals surface area contributed by atoms with Crippen LogP contribution in [-0.2, 0) is 6.61 Å². The van der Waals surface area contributed by atoms with Gasteiger partial charge in [0.25, 0.3) is 0 Å². The Morgan fingerprint density at radius 2 is 1.86 bits per heavy atom. The molecule has 0 bridgehead atoms. The fourth-order valence-corrected chi connectivity index (χ4v) is 2.41. The molecule has 0 saturated carbocycles. The smallest absolute Gasteiger partial charge is 0.128 e. The van der Waals surface area contributed by atoms with E-state index in [0.717, 1.165) is 28.1 Å². The van der Waals surface area contributed by atoms with Gasteiger partial charge in [0.05, 0.1) is 5.69 Å². The molecule has 2 aromatic carbocycles. The summed E-state index contributed by atoms with van der Waals surface area (Å²) in [6.07, 6.45) is 1.90. The monoisotopic (exact) mass is 289 g/mol. The highest BCUT2D eigenvalue weighted by molar-refractivity contribution is 5.81. The molecule has 0 amide bonds. The van der Waals surface area contributed by atoms with Gasteiger partial charge in [-0.1, -0.05) is 48.5 Å². The van der Waals surface area contributed by atoms with Gasteiger partial charge in [-0.25, -0.2) is 0 Å². The summed E-state index contributed by atoms with van der Waals surface area (Å²) in [5.41, 5.74) is 5.37. The number of H-pyrrole nitrogens is 1. The van der Waals surface area contributed by atoms with Crippen molar-refractivity contribution < 1.29 is 4.74 Å². The van der Waals surface area contributed by atoms with Gasteiger partial charge in [0.1, 0.15) is 12.4 Å². The van der Waals surface area contributed by atoms with Crippen LogP contribution < -0.4 is 4.74 Å². The normalized spacial score (nSPS) is 10.4. The summed E-state index contributed by atoms with van der Waals surface area (Å²) in [6, 6.07) is 20.4. The summed E-state index contributed by atoms with van der Waals surface area (Å²) in [5.74, 6) is 0.856. The lowest BCUT2D eigenvalue weighted by atomic mass is 9.97. The number of aromatic nitrogens is 1. The van der Waals surface area contributed by atoms with Gasteiger partial charge in [-0.2, -0.15) is 0 Å². The van der Waals surface area contributed by atoms with Gasteiger partial charge < -0.3 is 9.72 Å². The first-order valence-corrected chi connectivity index (χ1v) is 7.34. The summed E-state index contributed by atoms with van der Waals surface area (Å²) < 4.78 is 5.99. The molecule has 22 heavy (non-hydrogen) atoms. The summed E-state index contributed by atoms with van der Waals surface area (Å²) >= 11 is 0. The van der Waals surface area contributed by atoms with Gasteiger partial charge in [-0.3, -0.25) is 0 Å². The van der Waals surface area contributed by atoms with Gasteiger partial charge in [0.2, 0.25) is 0 Å². The molecule has 0 unspecified atom stereocenters. The van der Waals surface area contributed by atoms with Crippen molar-refractivity contribution in [3.8, 4) is 5.75 Å². The van der Waals surface area contributed by atoms with E-state index in [4.69, 9.17) is 4.74 Å². The second kappa shape index (κ2) is 6.35. The Kier molecular flexibility index (Phi) is 4.10. The van der Waals surface area contributed by atoms with E-state index in [1.807, 2.05) is 42.6 Å². The van der Waals surface area contributed by atoms with Gasteiger partial charge in [-0.15, -0.1) is 0 Å². The predicted molar refractivity (Wildman–Crippen MR) is 90.9 cm³/mol. The van der Waals surface area contributed by atoms with Crippen molar-refractivity contribution in [2.45, 2.75) is 13.5 Å². The number of hydrogen-bond donors (Lipinski definition) is 1. The minimum absolute atomic E-state index is 0.519. The second-order valence-corrected chi connectivity index (χ2v) is 5.33. The summed E-state index contributed by atoms with van der Waals surface area (Å²) in [4.78, 5) is 3.15. The van der Waals surface area contributed by atoms with Crippen LogP contribution in [0.2, 0.25) is 0 Å². The molecule has 3 aromatic rings. The molecule has 2 heteroatoms. The lowest BCUT2D eigenvalue weighted by molar-refractivity contribution is 0.301. The molecule has 0 spiro atoms. The molecule has 0 saturated heterocycles. The average molecular weight is 289 g/mol. The Morgan fingerprint density at radius 1 is 1.05 bits per heavy atom. The molecule has 0 fully saturated rings. The first-order chi connectivity index (χ1) is 10.7. The van der Waals surface area contributed by atoms with Crippen LogP contribution in [-0.4, -0.2) is 4.98 Å². The van der Waals surface area contributed by atoms with Crippen LogP contribution in [0, 0.1) is 6.92 Å². The van der Waals surface area contributed by atoms with E-state index < -0.39 is 0 Å². The number of ether oxygens (including phenoxy) is 1. The van der Waals surface area contributed by atoms with Crippen LogP contribution in [0.4, 0.5) is 0 Å². The van der Waals surface area contributed by atoms with Gasteiger partial charge in [-0.05, 0) is 42.3 Å². The van der Waals surface area contributed by atoms with E-state index in [-0.39, 0.29) is 0 Å². The molecule has 0 aliphatic rings. The molecular formula is C20H19NO. The maximum atomic E-state index is 5.99. The van der Waals surface area contributed by atoms with Crippen LogP contribution in [0.3, 0.4) is 0 Å². The number of nitrogens with one attached hydrogen (secondary N) is 1. The largest absolute Gasteiger partial charge is 0.487 e. The minimum Gasteiger partial charge on any atom is -0.487 e. The number of aromatic amines is 1. The minimum atomic E-state index is 0.519. The SMILES string of the molecule is C=C(c1ccccc1)c1cc(C)ccc1OCc1ccc[nH]1. The third-order valence-electron chi connectivity index (χ3n) is 3.63. The van der Waals surface area contributed by atoms with Crippen molar-refractivity contribution >= 4 is 5.57 Å². The Labute approximate surface area is 131 Å². The fraction of sp³-hybridized carbons (Fsp3) is 0.100. The third-order valence-corrected chi connectivity index (χ3v) is 3.63. The quantitative estimate of drug-likeness (QED) is 0.705. The molecular weight excluding hydrogens is 270 g/mol. The van der Waals surface area contributed by atoms with E-state index in [1.165, 1.54) is 5.56 Å². The molecule has 1 aromatic heterocycles. The van der Waals surface area contributed by atoms with Crippen molar-refractivity contribution in [1.82, 2.24) is 4.98 Å². The molecule has 2 nitrogen and oxygen atoms in total. The molecule has 110 valence electrons. The van der Waals surface area contributed by atoms with Gasteiger partial charge >= 0.3 is 0 Å². The number of rotatable bonds is 5. The fourth-order valence-electron chi connectivity index (χ4n) is 2.41. The van der Waals surface area contributed by atoms with Crippen LogP contribution in [0.1, 0.15) is 22.4 Å². The van der Waals surface area contributed by atoms with Crippen LogP contribution in [0.15, 0.2) is 73.4 Å². The lowest BCUT2D eigenvalue weighted by Crippen LogP contribution is -1.99. The van der Waals surface area contributed by atoms with Gasteiger partial charge in [0, 0.05) is 11.8 Å². The van der Waals surface area contributed by atoms with Crippen molar-refractivity contribution in [3.05, 3.63) is 95.8 Å². The Balaban J connectivity index is 1.89. The number of benzene rings is 2. The van der Waals surface area contributed by atoms with Crippen molar-refractivity contribution in [1.29, 1.82) is 0 Å². The summed E-state index contributed by atoms with van der Waals surface area (Å²) in [5, 5.41) is 0. The topological polar surface area (TPSA) is 25.0 Å². The molecule has 0 radical (unpaired) electrons. The predicted octanol–water partition coefficient (Wildman–Crippen LogP) is 4.96. The molecule has 0 aliphatic heterocycles. The zero-order chi connectivity index (χ0) is 15.4. The van der Waals surface area contributed by atoms with Crippen LogP contribution in [0.25, 0.3) is 5.57 Å². The van der Waals surface area contributed by atoms with Crippen molar-refractivity contribution in [2.75, 3.05) is 0 Å². The van der Waals surface area contributed by atoms with Crippen molar-refractivity contribution in [2.24, 2.45) is 0 Å². The highest BCUT2D eigenvalue weighted by Crippen LogP contribution is 2.31. The maximum Gasteiger partial charge on any atom is 0.128 e.